The van der Waals surface area contributed by atoms with Crippen molar-refractivity contribution in [1.82, 2.24) is 15.3 Å². The molecular formula is C12H13N3O3. The van der Waals surface area contributed by atoms with Gasteiger partial charge in [0.1, 0.15) is 11.3 Å². The van der Waals surface area contributed by atoms with Crippen molar-refractivity contribution in [2.45, 2.75) is 13.8 Å². The van der Waals surface area contributed by atoms with Crippen molar-refractivity contribution in [3.63, 3.8) is 0 Å². The van der Waals surface area contributed by atoms with E-state index in [2.05, 4.69) is 15.3 Å². The van der Waals surface area contributed by atoms with Crippen molar-refractivity contribution in [2.75, 3.05) is 7.05 Å². The van der Waals surface area contributed by atoms with Crippen molar-refractivity contribution in [3.05, 3.63) is 39.5 Å². The molecule has 0 atom stereocenters. The molecule has 6 nitrogen and oxygen atoms in total. The van der Waals surface area contributed by atoms with E-state index in [1.165, 1.54) is 7.05 Å². The van der Waals surface area contributed by atoms with Crippen LogP contribution in [-0.4, -0.2) is 22.9 Å². The van der Waals surface area contributed by atoms with Crippen LogP contribution in [0.5, 0.6) is 0 Å². The molecule has 1 amide bonds. The molecule has 0 radical (unpaired) electrons. The Morgan fingerprint density at radius 3 is 2.61 bits per heavy atom. The zero-order valence-electron chi connectivity index (χ0n) is 10.3. The molecule has 0 aliphatic heterocycles. The molecule has 2 N–H and O–H groups in total. The van der Waals surface area contributed by atoms with Crippen LogP contribution in [0.4, 0.5) is 0 Å². The highest BCUT2D eigenvalue weighted by molar-refractivity contribution is 5.94. The van der Waals surface area contributed by atoms with Gasteiger partial charge in [-0.15, -0.1) is 0 Å². The number of hydrogen-bond donors (Lipinski definition) is 2. The smallest absolute Gasteiger partial charge is 0.264 e. The average Bonchev–Trinajstić information content (AvgIpc) is 2.74. The molecule has 0 aliphatic carbocycles. The van der Waals surface area contributed by atoms with Gasteiger partial charge in [0.2, 0.25) is 0 Å². The summed E-state index contributed by atoms with van der Waals surface area (Å²) in [5.41, 5.74) is -0.0995. The van der Waals surface area contributed by atoms with Gasteiger partial charge < -0.3 is 14.7 Å². The lowest BCUT2D eigenvalue weighted by molar-refractivity contribution is 0.0960. The van der Waals surface area contributed by atoms with Crippen LogP contribution in [0.25, 0.3) is 11.6 Å². The Morgan fingerprint density at radius 1 is 1.39 bits per heavy atom. The summed E-state index contributed by atoms with van der Waals surface area (Å²) in [4.78, 5) is 30.1. The fourth-order valence-electron chi connectivity index (χ4n) is 1.66. The van der Waals surface area contributed by atoms with Crippen LogP contribution in [0.2, 0.25) is 0 Å². The second-order valence-corrected chi connectivity index (χ2v) is 3.86. The minimum absolute atomic E-state index is 0.0181. The van der Waals surface area contributed by atoms with Crippen molar-refractivity contribution < 1.29 is 9.21 Å². The number of carbonyl (C=O) groups excluding carboxylic acids is 1. The van der Waals surface area contributed by atoms with Crippen LogP contribution in [-0.2, 0) is 0 Å². The van der Waals surface area contributed by atoms with Crippen molar-refractivity contribution in [2.24, 2.45) is 0 Å². The lowest BCUT2D eigenvalue weighted by Crippen LogP contribution is -2.29. The van der Waals surface area contributed by atoms with Gasteiger partial charge in [-0.2, -0.15) is 0 Å². The summed E-state index contributed by atoms with van der Waals surface area (Å²) in [5.74, 6) is 1.05. The van der Waals surface area contributed by atoms with Gasteiger partial charge in [0, 0.05) is 7.05 Å². The number of carbonyl (C=O) groups is 1. The number of amides is 1. The van der Waals surface area contributed by atoms with Gasteiger partial charge in [0.15, 0.2) is 11.6 Å². The van der Waals surface area contributed by atoms with E-state index in [4.69, 9.17) is 4.42 Å². The van der Waals surface area contributed by atoms with E-state index < -0.39 is 11.5 Å². The Bertz CT molecular complexity index is 655. The fraction of sp³-hybridized carbons (Fsp3) is 0.250. The first kappa shape index (κ1) is 12.1. The summed E-state index contributed by atoms with van der Waals surface area (Å²) in [6.45, 7) is 3.41. The first-order valence-corrected chi connectivity index (χ1v) is 5.42. The van der Waals surface area contributed by atoms with Crippen molar-refractivity contribution >= 4 is 5.91 Å². The largest absolute Gasteiger partial charge is 0.458 e. The van der Waals surface area contributed by atoms with Crippen LogP contribution in [0.15, 0.2) is 21.3 Å². The van der Waals surface area contributed by atoms with E-state index in [1.807, 2.05) is 0 Å². The van der Waals surface area contributed by atoms with E-state index in [0.717, 1.165) is 5.76 Å². The van der Waals surface area contributed by atoms with Gasteiger partial charge >= 0.3 is 0 Å². The summed E-state index contributed by atoms with van der Waals surface area (Å²) in [6, 6.07) is 3.49. The first-order chi connectivity index (χ1) is 8.52. The third-order valence-electron chi connectivity index (χ3n) is 2.53. The lowest BCUT2D eigenvalue weighted by atomic mass is 10.2. The summed E-state index contributed by atoms with van der Waals surface area (Å²) in [7, 11) is 1.46. The Balaban J connectivity index is 2.56. The number of nitrogens with one attached hydrogen (secondary N) is 2. The van der Waals surface area contributed by atoms with Crippen LogP contribution in [0.1, 0.15) is 21.8 Å². The van der Waals surface area contributed by atoms with E-state index in [9.17, 15) is 9.59 Å². The van der Waals surface area contributed by atoms with E-state index in [1.54, 1.807) is 26.0 Å². The van der Waals surface area contributed by atoms with Crippen LogP contribution >= 0.6 is 0 Å². The maximum Gasteiger partial charge on any atom is 0.264 e. The maximum absolute atomic E-state index is 11.8. The van der Waals surface area contributed by atoms with Crippen LogP contribution < -0.4 is 10.9 Å². The van der Waals surface area contributed by atoms with Crippen molar-refractivity contribution in [3.8, 4) is 11.6 Å². The topological polar surface area (TPSA) is 88.0 Å². The predicted octanol–water partition coefficient (Wildman–Crippen LogP) is 1.01. The van der Waals surface area contributed by atoms with Gasteiger partial charge in [-0.25, -0.2) is 4.98 Å². The molecule has 2 aromatic rings. The van der Waals surface area contributed by atoms with Crippen LogP contribution in [0, 0.1) is 13.8 Å². The summed E-state index contributed by atoms with van der Waals surface area (Å²) in [6.07, 6.45) is 0. The standard InChI is InChI=1S/C12H13N3O3/c1-6-4-5-8(18-6)10-14-7(2)9(11(16)13-3)12(17)15-10/h4-5H,1-3H3,(H,13,16)(H,14,15,17). The molecule has 0 spiro atoms. The average molecular weight is 247 g/mol. The molecule has 0 fully saturated rings. The highest BCUT2D eigenvalue weighted by Crippen LogP contribution is 2.17. The number of hydrogen-bond acceptors (Lipinski definition) is 4. The molecule has 6 heteroatoms. The molecule has 0 aromatic carbocycles. The minimum atomic E-state index is -0.481. The van der Waals surface area contributed by atoms with Gasteiger partial charge in [0.25, 0.3) is 11.5 Å². The maximum atomic E-state index is 11.8. The van der Waals surface area contributed by atoms with Gasteiger partial charge in [-0.1, -0.05) is 0 Å². The highest BCUT2D eigenvalue weighted by atomic mass is 16.3. The number of H-pyrrole nitrogens is 1. The highest BCUT2D eigenvalue weighted by Gasteiger charge is 2.16. The molecule has 0 unspecified atom stereocenters. The summed E-state index contributed by atoms with van der Waals surface area (Å²) < 4.78 is 5.37. The van der Waals surface area contributed by atoms with Gasteiger partial charge in [0.05, 0.1) is 5.69 Å². The van der Waals surface area contributed by atoms with Crippen LogP contribution in [0.3, 0.4) is 0 Å². The minimum Gasteiger partial charge on any atom is -0.458 e. The molecule has 0 aliphatic rings. The summed E-state index contributed by atoms with van der Waals surface area (Å²) in [5, 5.41) is 2.40. The first-order valence-electron chi connectivity index (χ1n) is 5.42. The monoisotopic (exact) mass is 247 g/mol. The zero-order valence-corrected chi connectivity index (χ0v) is 10.3. The predicted molar refractivity (Wildman–Crippen MR) is 65.4 cm³/mol. The third kappa shape index (κ3) is 2.04. The lowest BCUT2D eigenvalue weighted by Gasteiger charge is -2.04. The molecular weight excluding hydrogens is 234 g/mol. The number of aromatic amines is 1. The molecule has 0 bridgehead atoms. The zero-order chi connectivity index (χ0) is 13.3. The number of nitrogens with zero attached hydrogens (tertiary/aromatic N) is 1. The Hall–Kier alpha value is -2.37. The third-order valence-corrected chi connectivity index (χ3v) is 2.53. The molecule has 0 saturated carbocycles. The van der Waals surface area contributed by atoms with Gasteiger partial charge in [-0.05, 0) is 26.0 Å². The quantitative estimate of drug-likeness (QED) is 0.828. The molecule has 0 saturated heterocycles. The molecule has 94 valence electrons. The molecule has 2 rings (SSSR count). The van der Waals surface area contributed by atoms with E-state index >= 15 is 0 Å². The SMILES string of the molecule is CNC(=O)c1c(C)nc(-c2ccc(C)o2)[nH]c1=O. The number of rotatable bonds is 2. The number of furan rings is 1. The second-order valence-electron chi connectivity index (χ2n) is 3.86. The Kier molecular flexibility index (Phi) is 3.01. The van der Waals surface area contributed by atoms with Gasteiger partial charge in [-0.3, -0.25) is 9.59 Å². The second kappa shape index (κ2) is 4.48. The molecule has 18 heavy (non-hydrogen) atoms. The summed E-state index contributed by atoms with van der Waals surface area (Å²) >= 11 is 0. The molecule has 2 aromatic heterocycles. The number of aromatic nitrogens is 2. The molecule has 2 heterocycles. The Morgan fingerprint density at radius 2 is 2.11 bits per heavy atom. The van der Waals surface area contributed by atoms with E-state index in [-0.39, 0.29) is 5.56 Å². The van der Waals surface area contributed by atoms with E-state index in [0.29, 0.717) is 17.3 Å². The van der Waals surface area contributed by atoms with Crippen molar-refractivity contribution in [1.29, 1.82) is 0 Å². The number of aryl methyl sites for hydroxylation is 2. The Labute approximate surface area is 103 Å². The fourth-order valence-corrected chi connectivity index (χ4v) is 1.66. The normalized spacial score (nSPS) is 10.4.